The summed E-state index contributed by atoms with van der Waals surface area (Å²) < 4.78 is 8.26. The number of benzene rings is 2. The molecule has 2 aromatic carbocycles. The zero-order chi connectivity index (χ0) is 13.2. The van der Waals surface area contributed by atoms with Crippen molar-refractivity contribution in [2.45, 2.75) is 0 Å². The topological polar surface area (TPSA) is 54.9 Å². The largest absolute Gasteiger partial charge is 0.322 e. The molecule has 3 rings (SSSR count). The molecule has 0 aliphatic heterocycles. The van der Waals surface area contributed by atoms with Crippen LogP contribution in [0.15, 0.2) is 42.5 Å². The van der Waals surface area contributed by atoms with Crippen LogP contribution in [0.5, 0.6) is 0 Å². The smallest absolute Gasteiger partial charge is 0.257 e. The summed E-state index contributed by atoms with van der Waals surface area (Å²) in [5.41, 5.74) is 2.56. The number of carbonyl (C=O) groups excluding carboxylic acids is 1. The van der Waals surface area contributed by atoms with Gasteiger partial charge in [-0.3, -0.25) is 4.79 Å². The van der Waals surface area contributed by atoms with Gasteiger partial charge in [-0.25, -0.2) is 0 Å². The summed E-state index contributed by atoms with van der Waals surface area (Å²) in [5, 5.41) is 3.44. The van der Waals surface area contributed by atoms with E-state index < -0.39 is 0 Å². The van der Waals surface area contributed by atoms with Crippen molar-refractivity contribution in [3.05, 3.63) is 53.1 Å². The van der Waals surface area contributed by atoms with E-state index in [9.17, 15) is 4.79 Å². The number of nitrogens with one attached hydrogen (secondary N) is 1. The van der Waals surface area contributed by atoms with Gasteiger partial charge in [0.15, 0.2) is 0 Å². The first-order chi connectivity index (χ1) is 9.24. The number of rotatable bonds is 2. The van der Waals surface area contributed by atoms with E-state index >= 15 is 0 Å². The molecule has 6 heteroatoms. The number of hydrogen-bond donors (Lipinski definition) is 1. The number of fused-ring (bicyclic) bond motifs is 1. The minimum absolute atomic E-state index is 0.208. The third kappa shape index (κ3) is 2.43. The van der Waals surface area contributed by atoms with Gasteiger partial charge in [0.05, 0.1) is 17.3 Å². The van der Waals surface area contributed by atoms with Gasteiger partial charge >= 0.3 is 0 Å². The Morgan fingerprint density at radius 2 is 1.89 bits per heavy atom. The van der Waals surface area contributed by atoms with Crippen LogP contribution in [0, 0.1) is 0 Å². The molecule has 4 nitrogen and oxygen atoms in total. The lowest BCUT2D eigenvalue weighted by atomic mass is 10.1. The highest BCUT2D eigenvalue weighted by Gasteiger charge is 2.12. The molecule has 0 saturated heterocycles. The fourth-order valence-electron chi connectivity index (χ4n) is 1.72. The maximum atomic E-state index is 12.2. The Morgan fingerprint density at radius 1 is 1.11 bits per heavy atom. The van der Waals surface area contributed by atoms with E-state index in [-0.39, 0.29) is 5.91 Å². The molecule has 0 radical (unpaired) electrons. The molecule has 1 N–H and O–H groups in total. The van der Waals surface area contributed by atoms with Crippen molar-refractivity contribution >= 4 is 46.0 Å². The van der Waals surface area contributed by atoms with E-state index in [4.69, 9.17) is 11.6 Å². The van der Waals surface area contributed by atoms with Crippen LogP contribution in [0.1, 0.15) is 10.4 Å². The lowest BCUT2D eigenvalue weighted by Gasteiger charge is -2.05. The molecule has 0 spiro atoms. The summed E-state index contributed by atoms with van der Waals surface area (Å²) in [4.78, 5) is 12.2. The van der Waals surface area contributed by atoms with Gasteiger partial charge in [0, 0.05) is 10.7 Å². The molecule has 0 aliphatic rings. The number of amides is 1. The Hall–Kier alpha value is -1.98. The molecule has 94 valence electrons. The van der Waals surface area contributed by atoms with Crippen molar-refractivity contribution in [1.29, 1.82) is 0 Å². The first-order valence-corrected chi connectivity index (χ1v) is 6.63. The highest BCUT2D eigenvalue weighted by Crippen LogP contribution is 2.19. The van der Waals surface area contributed by atoms with Crippen LogP contribution < -0.4 is 5.32 Å². The predicted molar refractivity (Wildman–Crippen MR) is 76.8 cm³/mol. The first kappa shape index (κ1) is 12.1. The maximum Gasteiger partial charge on any atom is 0.257 e. The van der Waals surface area contributed by atoms with E-state index in [1.54, 1.807) is 36.4 Å². The van der Waals surface area contributed by atoms with Crippen LogP contribution in [-0.2, 0) is 0 Å². The summed E-state index contributed by atoms with van der Waals surface area (Å²) in [6.45, 7) is 0. The monoisotopic (exact) mass is 289 g/mol. The quantitative estimate of drug-likeness (QED) is 0.784. The lowest BCUT2D eigenvalue weighted by Crippen LogP contribution is -2.12. The second-order valence-electron chi connectivity index (χ2n) is 3.90. The molecule has 1 amide bonds. The van der Waals surface area contributed by atoms with Crippen LogP contribution >= 0.6 is 23.3 Å². The molecule has 0 unspecified atom stereocenters. The van der Waals surface area contributed by atoms with E-state index in [0.29, 0.717) is 21.8 Å². The molecule has 0 saturated carbocycles. The molecule has 0 aliphatic carbocycles. The average molecular weight is 290 g/mol. The molecule has 3 aromatic rings. The zero-order valence-corrected chi connectivity index (χ0v) is 11.2. The van der Waals surface area contributed by atoms with Crippen molar-refractivity contribution < 1.29 is 4.79 Å². The third-order valence-corrected chi connectivity index (χ3v) is 3.43. The fourth-order valence-corrected chi connectivity index (χ4v) is 2.40. The van der Waals surface area contributed by atoms with E-state index in [1.807, 2.05) is 6.07 Å². The first-order valence-electron chi connectivity index (χ1n) is 5.52. The highest BCUT2D eigenvalue weighted by molar-refractivity contribution is 7.00. The second kappa shape index (κ2) is 4.95. The van der Waals surface area contributed by atoms with E-state index in [0.717, 1.165) is 17.2 Å². The number of hydrogen-bond acceptors (Lipinski definition) is 4. The molecular weight excluding hydrogens is 282 g/mol. The van der Waals surface area contributed by atoms with Crippen molar-refractivity contribution in [2.75, 3.05) is 5.32 Å². The van der Waals surface area contributed by atoms with Gasteiger partial charge in [0.1, 0.15) is 11.0 Å². The van der Waals surface area contributed by atoms with Crippen LogP contribution in [0.4, 0.5) is 5.69 Å². The summed E-state index contributed by atoms with van der Waals surface area (Å²) in [6, 6.07) is 12.3. The number of aromatic nitrogens is 2. The summed E-state index contributed by atoms with van der Waals surface area (Å²) in [5.74, 6) is -0.208. The Labute approximate surface area is 118 Å². The van der Waals surface area contributed by atoms with Gasteiger partial charge in [-0.2, -0.15) is 8.75 Å². The average Bonchev–Trinajstić information content (AvgIpc) is 2.89. The van der Waals surface area contributed by atoms with Gasteiger partial charge in [-0.15, -0.1) is 0 Å². The molecule has 0 atom stereocenters. The Balaban J connectivity index is 1.92. The molecule has 0 bridgehead atoms. The summed E-state index contributed by atoms with van der Waals surface area (Å²) in [7, 11) is 0. The fraction of sp³-hybridized carbons (Fsp3) is 0. The van der Waals surface area contributed by atoms with Crippen LogP contribution in [0.3, 0.4) is 0 Å². The van der Waals surface area contributed by atoms with Crippen molar-refractivity contribution in [3.8, 4) is 0 Å². The number of nitrogens with zero attached hydrogens (tertiary/aromatic N) is 2. The Morgan fingerprint density at radius 3 is 2.68 bits per heavy atom. The standard InChI is InChI=1S/C13H8ClN3OS/c14-8-4-6-9(7-5-8)15-13(18)10-2-1-3-11-12(10)17-19-16-11/h1-7H,(H,15,18). The van der Waals surface area contributed by atoms with Gasteiger partial charge in [0.25, 0.3) is 5.91 Å². The highest BCUT2D eigenvalue weighted by atomic mass is 35.5. The number of carbonyl (C=O) groups is 1. The van der Waals surface area contributed by atoms with Crippen molar-refractivity contribution in [3.63, 3.8) is 0 Å². The van der Waals surface area contributed by atoms with E-state index in [1.165, 1.54) is 0 Å². The predicted octanol–water partition coefficient (Wildman–Crippen LogP) is 3.60. The summed E-state index contributed by atoms with van der Waals surface area (Å²) >= 11 is 6.89. The minimum Gasteiger partial charge on any atom is -0.322 e. The molecule has 1 aromatic heterocycles. The van der Waals surface area contributed by atoms with Crippen molar-refractivity contribution in [2.24, 2.45) is 0 Å². The van der Waals surface area contributed by atoms with Crippen molar-refractivity contribution in [1.82, 2.24) is 8.75 Å². The van der Waals surface area contributed by atoms with Crippen LogP contribution in [0.25, 0.3) is 11.0 Å². The van der Waals surface area contributed by atoms with Gasteiger partial charge in [-0.1, -0.05) is 17.7 Å². The van der Waals surface area contributed by atoms with Crippen LogP contribution in [-0.4, -0.2) is 14.7 Å². The van der Waals surface area contributed by atoms with Gasteiger partial charge in [0.2, 0.25) is 0 Å². The minimum atomic E-state index is -0.208. The molecular formula is C13H8ClN3OS. The second-order valence-corrected chi connectivity index (χ2v) is 4.86. The maximum absolute atomic E-state index is 12.2. The zero-order valence-electron chi connectivity index (χ0n) is 9.63. The van der Waals surface area contributed by atoms with E-state index in [2.05, 4.69) is 14.1 Å². The normalized spacial score (nSPS) is 10.6. The molecule has 19 heavy (non-hydrogen) atoms. The van der Waals surface area contributed by atoms with Gasteiger partial charge in [-0.05, 0) is 36.4 Å². The molecule has 0 fully saturated rings. The Bertz CT molecular complexity index is 739. The number of halogens is 1. The summed E-state index contributed by atoms with van der Waals surface area (Å²) in [6.07, 6.45) is 0. The SMILES string of the molecule is O=C(Nc1ccc(Cl)cc1)c1cccc2nsnc12. The third-order valence-electron chi connectivity index (χ3n) is 2.63. The van der Waals surface area contributed by atoms with Crippen LogP contribution in [0.2, 0.25) is 5.02 Å². The number of anilines is 1. The molecule has 1 heterocycles. The Kier molecular flexibility index (Phi) is 3.15. The van der Waals surface area contributed by atoms with Gasteiger partial charge < -0.3 is 5.32 Å². The lowest BCUT2D eigenvalue weighted by molar-refractivity contribution is 0.102.